The van der Waals surface area contributed by atoms with Crippen LogP contribution in [0.15, 0.2) is 0 Å². The van der Waals surface area contributed by atoms with Crippen molar-refractivity contribution in [2.45, 2.75) is 38.5 Å². The number of amides is 1. The van der Waals surface area contributed by atoms with Gasteiger partial charge in [0.1, 0.15) is 0 Å². The molecule has 0 spiro atoms. The average molecular weight is 426 g/mol. The molecule has 9 nitrogen and oxygen atoms in total. The van der Waals surface area contributed by atoms with Crippen molar-refractivity contribution in [2.75, 3.05) is 86.1 Å². The van der Waals surface area contributed by atoms with E-state index in [2.05, 4.69) is 26.5 Å². The van der Waals surface area contributed by atoms with Crippen LogP contribution in [0.25, 0.3) is 0 Å². The first-order valence-electron chi connectivity index (χ1n) is 11.4. The Morgan fingerprint density at radius 2 is 1.60 bits per heavy atom. The lowest BCUT2D eigenvalue weighted by molar-refractivity contribution is -0.141. The molecule has 0 bridgehead atoms. The molecule has 3 aliphatic rings. The van der Waals surface area contributed by atoms with Gasteiger partial charge in [0.15, 0.2) is 6.23 Å². The van der Waals surface area contributed by atoms with Crippen LogP contribution >= 0.6 is 0 Å². The minimum atomic E-state index is -0.213. The van der Waals surface area contributed by atoms with Gasteiger partial charge < -0.3 is 29.1 Å². The first kappa shape index (κ1) is 23.2. The number of ether oxygens (including phenoxy) is 2. The van der Waals surface area contributed by atoms with Crippen molar-refractivity contribution in [3.8, 4) is 0 Å². The molecule has 30 heavy (non-hydrogen) atoms. The van der Waals surface area contributed by atoms with E-state index in [1.807, 2.05) is 7.05 Å². The third-order valence-corrected chi connectivity index (χ3v) is 6.85. The second-order valence-electron chi connectivity index (χ2n) is 8.57. The first-order chi connectivity index (χ1) is 14.5. The summed E-state index contributed by atoms with van der Waals surface area (Å²) in [5.74, 6) is -0.167. The summed E-state index contributed by atoms with van der Waals surface area (Å²) in [6.45, 7) is 13.2. The van der Waals surface area contributed by atoms with E-state index in [-0.39, 0.29) is 24.3 Å². The summed E-state index contributed by atoms with van der Waals surface area (Å²) in [5.41, 5.74) is 0. The summed E-state index contributed by atoms with van der Waals surface area (Å²) in [5, 5.41) is 0. The van der Waals surface area contributed by atoms with Crippen LogP contribution in [0.4, 0.5) is 4.79 Å². The molecular formula is C21H39N5O4. The number of piperazine rings is 2. The molecule has 3 rings (SSSR count). The standard InChI is InChI=1S/C21H39N5O4/c1-4-23-10-12-24(13-11-23)8-5-6-18-20(30-21(28)22(18)2)26-16-14-25(15-17-26)9-7-19(27)29-3/h18,20H,4-17H2,1-3H3. The molecular weight excluding hydrogens is 386 g/mol. The molecule has 0 radical (unpaired) electrons. The summed E-state index contributed by atoms with van der Waals surface area (Å²) in [6.07, 6.45) is 2.08. The van der Waals surface area contributed by atoms with E-state index >= 15 is 0 Å². The van der Waals surface area contributed by atoms with Gasteiger partial charge in [-0.2, -0.15) is 0 Å². The van der Waals surface area contributed by atoms with Gasteiger partial charge in [-0.3, -0.25) is 9.69 Å². The molecule has 2 unspecified atom stereocenters. The van der Waals surface area contributed by atoms with Crippen LogP contribution < -0.4 is 0 Å². The fourth-order valence-electron chi connectivity index (χ4n) is 4.69. The number of nitrogens with zero attached hydrogens (tertiary/aromatic N) is 5. The van der Waals surface area contributed by atoms with Crippen LogP contribution in [0.2, 0.25) is 0 Å². The molecule has 3 saturated heterocycles. The summed E-state index contributed by atoms with van der Waals surface area (Å²) in [4.78, 5) is 35.0. The summed E-state index contributed by atoms with van der Waals surface area (Å²) >= 11 is 0. The van der Waals surface area contributed by atoms with E-state index in [4.69, 9.17) is 9.47 Å². The molecule has 1 amide bonds. The van der Waals surface area contributed by atoms with Crippen LogP contribution in [0.1, 0.15) is 26.2 Å². The van der Waals surface area contributed by atoms with E-state index in [1.54, 1.807) is 4.90 Å². The van der Waals surface area contributed by atoms with Gasteiger partial charge in [0.2, 0.25) is 0 Å². The highest BCUT2D eigenvalue weighted by Gasteiger charge is 2.43. The molecule has 3 fully saturated rings. The van der Waals surface area contributed by atoms with Crippen LogP contribution in [-0.4, -0.2) is 135 Å². The number of carbonyl (C=O) groups is 2. The zero-order chi connectivity index (χ0) is 21.5. The number of hydrogen-bond acceptors (Lipinski definition) is 8. The highest BCUT2D eigenvalue weighted by molar-refractivity contribution is 5.70. The number of methoxy groups -OCH3 is 1. The van der Waals surface area contributed by atoms with Crippen molar-refractivity contribution < 1.29 is 19.1 Å². The smallest absolute Gasteiger partial charge is 0.411 e. The number of carbonyl (C=O) groups excluding carboxylic acids is 2. The van der Waals surface area contributed by atoms with Gasteiger partial charge >= 0.3 is 12.1 Å². The third-order valence-electron chi connectivity index (χ3n) is 6.85. The molecule has 0 N–H and O–H groups in total. The molecule has 3 aliphatic heterocycles. The molecule has 0 aliphatic carbocycles. The maximum absolute atomic E-state index is 12.2. The van der Waals surface area contributed by atoms with Gasteiger partial charge in [0.05, 0.1) is 19.6 Å². The van der Waals surface area contributed by atoms with E-state index < -0.39 is 0 Å². The van der Waals surface area contributed by atoms with Crippen molar-refractivity contribution in [1.29, 1.82) is 0 Å². The number of likely N-dealkylation sites (N-methyl/N-ethyl adjacent to an activating group) is 2. The summed E-state index contributed by atoms with van der Waals surface area (Å²) in [7, 11) is 3.29. The van der Waals surface area contributed by atoms with Crippen LogP contribution in [0.3, 0.4) is 0 Å². The Labute approximate surface area is 180 Å². The zero-order valence-corrected chi connectivity index (χ0v) is 18.9. The quantitative estimate of drug-likeness (QED) is 0.491. The van der Waals surface area contributed by atoms with E-state index in [0.717, 1.165) is 84.8 Å². The Bertz CT molecular complexity index is 562. The van der Waals surface area contributed by atoms with E-state index in [1.165, 1.54) is 7.11 Å². The minimum Gasteiger partial charge on any atom is -0.469 e. The van der Waals surface area contributed by atoms with E-state index in [9.17, 15) is 9.59 Å². The normalized spacial score (nSPS) is 27.4. The molecule has 0 saturated carbocycles. The molecule has 0 aromatic rings. The summed E-state index contributed by atoms with van der Waals surface area (Å²) < 4.78 is 10.5. The Morgan fingerprint density at radius 1 is 1.00 bits per heavy atom. The van der Waals surface area contributed by atoms with Crippen LogP contribution in [0, 0.1) is 0 Å². The molecule has 0 aromatic carbocycles. The Balaban J connectivity index is 1.43. The maximum Gasteiger partial charge on any atom is 0.411 e. The Hall–Kier alpha value is -1.42. The van der Waals surface area contributed by atoms with Crippen molar-refractivity contribution in [3.63, 3.8) is 0 Å². The average Bonchev–Trinajstić information content (AvgIpc) is 3.06. The zero-order valence-electron chi connectivity index (χ0n) is 18.9. The van der Waals surface area contributed by atoms with Crippen molar-refractivity contribution in [2.24, 2.45) is 0 Å². The van der Waals surface area contributed by atoms with Gasteiger partial charge in [-0.05, 0) is 25.9 Å². The number of rotatable bonds is 9. The second kappa shape index (κ2) is 11.3. The third kappa shape index (κ3) is 6.06. The fraction of sp³-hybridized carbons (Fsp3) is 0.905. The maximum atomic E-state index is 12.2. The monoisotopic (exact) mass is 425 g/mol. The SMILES string of the molecule is CCN1CCN(CCCC2C(N3CCN(CCC(=O)OC)CC3)OC(=O)N2C)CC1. The number of hydrogen-bond donors (Lipinski definition) is 0. The molecule has 9 heteroatoms. The largest absolute Gasteiger partial charge is 0.469 e. The lowest BCUT2D eigenvalue weighted by Crippen LogP contribution is -2.54. The predicted molar refractivity (Wildman–Crippen MR) is 114 cm³/mol. The van der Waals surface area contributed by atoms with Gasteiger partial charge in [-0.25, -0.2) is 4.79 Å². The Kier molecular flexibility index (Phi) is 8.73. The fourth-order valence-corrected chi connectivity index (χ4v) is 4.69. The molecule has 3 heterocycles. The lowest BCUT2D eigenvalue weighted by Gasteiger charge is -2.39. The predicted octanol–water partition coefficient (Wildman–Crippen LogP) is 0.362. The summed E-state index contributed by atoms with van der Waals surface area (Å²) in [6, 6.07) is 0.107. The van der Waals surface area contributed by atoms with Crippen LogP contribution in [-0.2, 0) is 14.3 Å². The highest BCUT2D eigenvalue weighted by Crippen LogP contribution is 2.26. The van der Waals surface area contributed by atoms with Gasteiger partial charge in [-0.15, -0.1) is 0 Å². The minimum absolute atomic E-state index is 0.107. The van der Waals surface area contributed by atoms with E-state index in [0.29, 0.717) is 6.42 Å². The van der Waals surface area contributed by atoms with Crippen molar-refractivity contribution in [1.82, 2.24) is 24.5 Å². The van der Waals surface area contributed by atoms with Gasteiger partial charge in [0.25, 0.3) is 0 Å². The Morgan fingerprint density at radius 3 is 2.23 bits per heavy atom. The van der Waals surface area contributed by atoms with Crippen molar-refractivity contribution >= 4 is 12.1 Å². The number of esters is 1. The topological polar surface area (TPSA) is 68.8 Å². The molecule has 172 valence electrons. The van der Waals surface area contributed by atoms with Gasteiger partial charge in [0, 0.05) is 66.0 Å². The molecule has 2 atom stereocenters. The highest BCUT2D eigenvalue weighted by atomic mass is 16.6. The van der Waals surface area contributed by atoms with Crippen molar-refractivity contribution in [3.05, 3.63) is 0 Å². The number of cyclic esters (lactones) is 1. The van der Waals surface area contributed by atoms with Gasteiger partial charge in [-0.1, -0.05) is 6.92 Å². The van der Waals surface area contributed by atoms with Crippen LogP contribution in [0.5, 0.6) is 0 Å². The second-order valence-corrected chi connectivity index (χ2v) is 8.57. The first-order valence-corrected chi connectivity index (χ1v) is 11.4. The molecule has 0 aromatic heterocycles. The lowest BCUT2D eigenvalue weighted by atomic mass is 10.1.